The van der Waals surface area contributed by atoms with Crippen molar-refractivity contribution < 1.29 is 9.47 Å². The lowest BCUT2D eigenvalue weighted by Crippen LogP contribution is -2.38. The minimum atomic E-state index is 0.408. The minimum Gasteiger partial charge on any atom is -0.366 e. The summed E-state index contributed by atoms with van der Waals surface area (Å²) in [6.45, 7) is 9.60. The lowest BCUT2D eigenvalue weighted by atomic mass is 10.1. The third kappa shape index (κ3) is 8.52. The van der Waals surface area contributed by atoms with Gasteiger partial charge in [0.25, 0.3) is 0 Å². The Morgan fingerprint density at radius 1 is 0.909 bits per heavy atom. The van der Waals surface area contributed by atoms with Crippen molar-refractivity contribution in [1.29, 1.82) is 0 Å². The van der Waals surface area contributed by atoms with Crippen molar-refractivity contribution in [2.24, 2.45) is 0 Å². The van der Waals surface area contributed by atoms with Gasteiger partial charge in [0.15, 0.2) is 0 Å². The lowest BCUT2D eigenvalue weighted by Gasteiger charge is -2.28. The van der Waals surface area contributed by atoms with Gasteiger partial charge in [0.1, 0.15) is 13.5 Å². The van der Waals surface area contributed by atoms with Crippen LogP contribution in [0.15, 0.2) is 30.3 Å². The first-order valence-corrected chi connectivity index (χ1v) is 8.71. The van der Waals surface area contributed by atoms with Crippen molar-refractivity contribution in [3.63, 3.8) is 0 Å². The third-order valence-corrected chi connectivity index (χ3v) is 3.80. The second-order valence-electron chi connectivity index (χ2n) is 5.91. The van der Waals surface area contributed by atoms with Crippen LogP contribution in [-0.2, 0) is 15.9 Å². The quantitative estimate of drug-likeness (QED) is 0.396. The van der Waals surface area contributed by atoms with Crippen LogP contribution in [0.2, 0.25) is 0 Å². The average Bonchev–Trinajstić information content (AvgIpc) is 2.54. The molecule has 0 bridgehead atoms. The normalized spacial score (nSPS) is 12.7. The number of rotatable bonds is 13. The molecule has 0 saturated carbocycles. The maximum atomic E-state index is 5.80. The molecule has 0 unspecified atom stereocenters. The van der Waals surface area contributed by atoms with Crippen molar-refractivity contribution >= 4 is 0 Å². The standard InChI is InChI=1S/C19H33NO2/c1-4-6-13-21-16-20(17-22-14-7-5-2)18(3)15-19-11-9-8-10-12-19/h8-12,18H,4-7,13-17H2,1-3H3/t18-/m1/s1. The lowest BCUT2D eigenvalue weighted by molar-refractivity contribution is -0.0638. The summed E-state index contributed by atoms with van der Waals surface area (Å²) in [5, 5.41) is 0. The largest absolute Gasteiger partial charge is 0.366 e. The number of benzene rings is 1. The Kier molecular flexibility index (Phi) is 11.0. The summed E-state index contributed by atoms with van der Waals surface area (Å²) in [7, 11) is 0. The Hall–Kier alpha value is -0.900. The first-order chi connectivity index (χ1) is 10.8. The van der Waals surface area contributed by atoms with Crippen LogP contribution < -0.4 is 0 Å². The van der Waals surface area contributed by atoms with Crippen LogP contribution in [0.3, 0.4) is 0 Å². The second-order valence-corrected chi connectivity index (χ2v) is 5.91. The highest BCUT2D eigenvalue weighted by molar-refractivity contribution is 5.15. The predicted octanol–water partition coefficient (Wildman–Crippen LogP) is 4.47. The zero-order valence-corrected chi connectivity index (χ0v) is 14.6. The molecule has 126 valence electrons. The fourth-order valence-corrected chi connectivity index (χ4v) is 2.23. The number of nitrogens with zero attached hydrogens (tertiary/aromatic N) is 1. The van der Waals surface area contributed by atoms with E-state index in [0.717, 1.165) is 32.5 Å². The van der Waals surface area contributed by atoms with Crippen LogP contribution in [-0.4, -0.2) is 37.6 Å². The van der Waals surface area contributed by atoms with E-state index in [0.29, 0.717) is 19.5 Å². The fraction of sp³-hybridized carbons (Fsp3) is 0.684. The van der Waals surface area contributed by atoms with Gasteiger partial charge in [0.2, 0.25) is 0 Å². The number of unbranched alkanes of at least 4 members (excludes halogenated alkanes) is 2. The molecule has 0 aliphatic carbocycles. The average molecular weight is 307 g/mol. The van der Waals surface area contributed by atoms with Crippen LogP contribution in [0.4, 0.5) is 0 Å². The summed E-state index contributed by atoms with van der Waals surface area (Å²) in [5.41, 5.74) is 1.36. The molecule has 3 nitrogen and oxygen atoms in total. The Balaban J connectivity index is 2.42. The summed E-state index contributed by atoms with van der Waals surface area (Å²) in [6.07, 6.45) is 5.61. The van der Waals surface area contributed by atoms with Gasteiger partial charge in [0, 0.05) is 19.3 Å². The summed E-state index contributed by atoms with van der Waals surface area (Å²) < 4.78 is 11.6. The van der Waals surface area contributed by atoms with Gasteiger partial charge in [-0.1, -0.05) is 57.0 Å². The summed E-state index contributed by atoms with van der Waals surface area (Å²) in [5.74, 6) is 0. The molecule has 1 atom stereocenters. The molecule has 1 aromatic rings. The highest BCUT2D eigenvalue weighted by atomic mass is 16.5. The molecular formula is C19H33NO2. The second kappa shape index (κ2) is 12.6. The summed E-state index contributed by atoms with van der Waals surface area (Å²) in [6, 6.07) is 11.0. The molecule has 0 amide bonds. The number of ether oxygens (including phenoxy) is 2. The van der Waals surface area contributed by atoms with E-state index >= 15 is 0 Å². The molecule has 0 N–H and O–H groups in total. The first-order valence-electron chi connectivity index (χ1n) is 8.71. The number of hydrogen-bond acceptors (Lipinski definition) is 3. The number of hydrogen-bond donors (Lipinski definition) is 0. The molecule has 1 aromatic carbocycles. The van der Waals surface area contributed by atoms with Gasteiger partial charge >= 0.3 is 0 Å². The van der Waals surface area contributed by atoms with Gasteiger partial charge in [-0.05, 0) is 31.7 Å². The van der Waals surface area contributed by atoms with E-state index in [2.05, 4.69) is 56.0 Å². The zero-order valence-electron chi connectivity index (χ0n) is 14.6. The molecule has 1 rings (SSSR count). The highest BCUT2D eigenvalue weighted by Gasteiger charge is 2.14. The molecule has 0 heterocycles. The van der Waals surface area contributed by atoms with E-state index in [1.165, 1.54) is 18.4 Å². The first kappa shape index (κ1) is 19.1. The van der Waals surface area contributed by atoms with Gasteiger partial charge in [-0.3, -0.25) is 4.90 Å². The molecule has 0 fully saturated rings. The third-order valence-electron chi connectivity index (χ3n) is 3.80. The monoisotopic (exact) mass is 307 g/mol. The maximum absolute atomic E-state index is 5.80. The SMILES string of the molecule is CCCCOCN(COCCCC)[C@H](C)Cc1ccccc1. The van der Waals surface area contributed by atoms with Crippen molar-refractivity contribution in [3.8, 4) is 0 Å². The van der Waals surface area contributed by atoms with Crippen LogP contribution in [0.5, 0.6) is 0 Å². The van der Waals surface area contributed by atoms with E-state index in [1.807, 2.05) is 0 Å². The maximum Gasteiger partial charge on any atom is 0.101 e. The molecule has 0 aromatic heterocycles. The van der Waals surface area contributed by atoms with Crippen molar-refractivity contribution in [1.82, 2.24) is 4.90 Å². The van der Waals surface area contributed by atoms with E-state index in [-0.39, 0.29) is 0 Å². The Morgan fingerprint density at radius 2 is 1.45 bits per heavy atom. The van der Waals surface area contributed by atoms with Gasteiger partial charge in [-0.25, -0.2) is 0 Å². The molecule has 3 heteroatoms. The Morgan fingerprint density at radius 3 is 1.95 bits per heavy atom. The van der Waals surface area contributed by atoms with Crippen molar-refractivity contribution in [3.05, 3.63) is 35.9 Å². The van der Waals surface area contributed by atoms with E-state index < -0.39 is 0 Å². The Labute approximate surface area is 136 Å². The topological polar surface area (TPSA) is 21.7 Å². The molecular weight excluding hydrogens is 274 g/mol. The van der Waals surface area contributed by atoms with Crippen LogP contribution in [0.1, 0.15) is 52.0 Å². The van der Waals surface area contributed by atoms with E-state index in [9.17, 15) is 0 Å². The summed E-state index contributed by atoms with van der Waals surface area (Å²) in [4.78, 5) is 2.29. The van der Waals surface area contributed by atoms with Gasteiger partial charge in [-0.2, -0.15) is 0 Å². The minimum absolute atomic E-state index is 0.408. The molecule has 22 heavy (non-hydrogen) atoms. The van der Waals surface area contributed by atoms with Crippen LogP contribution in [0.25, 0.3) is 0 Å². The molecule has 0 saturated heterocycles. The zero-order chi connectivity index (χ0) is 16.0. The smallest absolute Gasteiger partial charge is 0.101 e. The fourth-order valence-electron chi connectivity index (χ4n) is 2.23. The van der Waals surface area contributed by atoms with Gasteiger partial charge in [-0.15, -0.1) is 0 Å². The van der Waals surface area contributed by atoms with Gasteiger partial charge in [0.05, 0.1) is 0 Å². The van der Waals surface area contributed by atoms with Crippen molar-refractivity contribution in [2.45, 2.75) is 58.9 Å². The van der Waals surface area contributed by atoms with E-state index in [4.69, 9.17) is 9.47 Å². The highest BCUT2D eigenvalue weighted by Crippen LogP contribution is 2.09. The van der Waals surface area contributed by atoms with Crippen molar-refractivity contribution in [2.75, 3.05) is 26.7 Å². The molecule has 0 aliphatic heterocycles. The Bertz CT molecular complexity index is 344. The molecule has 0 spiro atoms. The van der Waals surface area contributed by atoms with Crippen LogP contribution in [0, 0.1) is 0 Å². The van der Waals surface area contributed by atoms with Gasteiger partial charge < -0.3 is 9.47 Å². The predicted molar refractivity (Wildman–Crippen MR) is 92.9 cm³/mol. The molecule has 0 aliphatic rings. The van der Waals surface area contributed by atoms with Crippen LogP contribution >= 0.6 is 0 Å². The molecule has 0 radical (unpaired) electrons. The summed E-state index contributed by atoms with van der Waals surface area (Å²) >= 11 is 0. The van der Waals surface area contributed by atoms with E-state index in [1.54, 1.807) is 0 Å².